The van der Waals surface area contributed by atoms with Crippen LogP contribution in [0.1, 0.15) is 10.5 Å². The Balaban J connectivity index is 2.37. The SMILES string of the molecule is O=Cc1nc(-c2ccco2)n2ccc(Br)cc12. The maximum Gasteiger partial charge on any atom is 0.181 e. The average Bonchev–Trinajstić information content (AvgIpc) is 2.94. The first kappa shape index (κ1) is 10.3. The molecule has 17 heavy (non-hydrogen) atoms. The van der Waals surface area contributed by atoms with Gasteiger partial charge in [-0.2, -0.15) is 0 Å². The predicted molar refractivity (Wildman–Crippen MR) is 66.0 cm³/mol. The lowest BCUT2D eigenvalue weighted by molar-refractivity contribution is 0.112. The van der Waals surface area contributed by atoms with Crippen LogP contribution in [0.5, 0.6) is 0 Å². The molecule has 0 aliphatic carbocycles. The topological polar surface area (TPSA) is 47.5 Å². The van der Waals surface area contributed by atoms with E-state index in [2.05, 4.69) is 20.9 Å². The predicted octanol–water partition coefficient (Wildman–Crippen LogP) is 3.17. The normalized spacial score (nSPS) is 10.9. The highest BCUT2D eigenvalue weighted by Gasteiger charge is 2.13. The molecule has 0 saturated heterocycles. The van der Waals surface area contributed by atoms with E-state index >= 15 is 0 Å². The van der Waals surface area contributed by atoms with Crippen molar-refractivity contribution in [1.82, 2.24) is 9.38 Å². The van der Waals surface area contributed by atoms with Gasteiger partial charge >= 0.3 is 0 Å². The maximum atomic E-state index is 11.0. The molecule has 0 amide bonds. The molecule has 0 unspecified atom stereocenters. The van der Waals surface area contributed by atoms with Crippen molar-refractivity contribution in [3.63, 3.8) is 0 Å². The molecule has 5 heteroatoms. The van der Waals surface area contributed by atoms with Gasteiger partial charge in [0.2, 0.25) is 0 Å². The molecule has 4 nitrogen and oxygen atoms in total. The molecule has 3 aromatic heterocycles. The van der Waals surface area contributed by atoms with Crippen LogP contribution in [0.3, 0.4) is 0 Å². The molecular formula is C12H7BrN2O2. The molecule has 0 atom stereocenters. The minimum absolute atomic E-state index is 0.401. The third kappa shape index (κ3) is 1.59. The number of hydrogen-bond donors (Lipinski definition) is 0. The zero-order valence-electron chi connectivity index (χ0n) is 8.63. The Labute approximate surface area is 105 Å². The van der Waals surface area contributed by atoms with E-state index in [0.717, 1.165) is 16.3 Å². The second kappa shape index (κ2) is 3.85. The van der Waals surface area contributed by atoms with Gasteiger partial charge in [-0.25, -0.2) is 4.98 Å². The molecule has 0 aliphatic rings. The molecular weight excluding hydrogens is 284 g/mol. The summed E-state index contributed by atoms with van der Waals surface area (Å²) < 4.78 is 8.03. The number of fused-ring (bicyclic) bond motifs is 1. The van der Waals surface area contributed by atoms with Crippen molar-refractivity contribution in [1.29, 1.82) is 0 Å². The Hall–Kier alpha value is -1.88. The summed E-state index contributed by atoms with van der Waals surface area (Å²) in [5.74, 6) is 1.26. The third-order valence-electron chi connectivity index (χ3n) is 2.49. The standard InChI is InChI=1S/C12H7BrN2O2/c13-8-3-4-15-10(6-8)9(7-16)14-12(15)11-2-1-5-17-11/h1-7H. The zero-order chi connectivity index (χ0) is 11.8. The number of nitrogens with zero attached hydrogens (tertiary/aromatic N) is 2. The fraction of sp³-hybridized carbons (Fsp3) is 0. The summed E-state index contributed by atoms with van der Waals surface area (Å²) in [5.41, 5.74) is 1.15. The fourth-order valence-corrected chi connectivity index (χ4v) is 2.08. The number of pyridine rings is 1. The van der Waals surface area contributed by atoms with Crippen LogP contribution < -0.4 is 0 Å². The van der Waals surface area contributed by atoms with Gasteiger partial charge in [0.05, 0.1) is 11.8 Å². The third-order valence-corrected chi connectivity index (χ3v) is 2.98. The van der Waals surface area contributed by atoms with E-state index in [9.17, 15) is 4.79 Å². The second-order valence-electron chi connectivity index (χ2n) is 3.52. The number of carbonyl (C=O) groups excluding carboxylic acids is 1. The van der Waals surface area contributed by atoms with Crippen LogP contribution in [0.25, 0.3) is 17.1 Å². The minimum atomic E-state index is 0.401. The van der Waals surface area contributed by atoms with Crippen LogP contribution in [0.15, 0.2) is 45.6 Å². The zero-order valence-corrected chi connectivity index (χ0v) is 10.2. The van der Waals surface area contributed by atoms with Gasteiger partial charge in [-0.3, -0.25) is 9.20 Å². The van der Waals surface area contributed by atoms with Gasteiger partial charge in [0.25, 0.3) is 0 Å². The number of hydrogen-bond acceptors (Lipinski definition) is 3. The summed E-state index contributed by atoms with van der Waals surface area (Å²) in [4.78, 5) is 15.3. The molecule has 0 spiro atoms. The van der Waals surface area contributed by atoms with Gasteiger partial charge in [-0.05, 0) is 24.3 Å². The van der Waals surface area contributed by atoms with Crippen LogP contribution in [0.2, 0.25) is 0 Å². The number of furan rings is 1. The van der Waals surface area contributed by atoms with Gasteiger partial charge in [-0.1, -0.05) is 15.9 Å². The van der Waals surface area contributed by atoms with Crippen molar-refractivity contribution in [2.45, 2.75) is 0 Å². The summed E-state index contributed by atoms with van der Waals surface area (Å²) >= 11 is 3.37. The van der Waals surface area contributed by atoms with Crippen LogP contribution in [-0.2, 0) is 0 Å². The van der Waals surface area contributed by atoms with Crippen molar-refractivity contribution in [3.8, 4) is 11.6 Å². The first-order valence-corrected chi connectivity index (χ1v) is 5.75. The highest BCUT2D eigenvalue weighted by molar-refractivity contribution is 9.10. The lowest BCUT2D eigenvalue weighted by Gasteiger charge is -1.98. The summed E-state index contributed by atoms with van der Waals surface area (Å²) in [6, 6.07) is 7.33. The van der Waals surface area contributed by atoms with E-state index in [-0.39, 0.29) is 0 Å². The Morgan fingerprint density at radius 2 is 2.29 bits per heavy atom. The second-order valence-corrected chi connectivity index (χ2v) is 4.43. The Bertz CT molecular complexity index is 686. The Kier molecular flexibility index (Phi) is 2.33. The quantitative estimate of drug-likeness (QED) is 0.681. The maximum absolute atomic E-state index is 11.0. The lowest BCUT2D eigenvalue weighted by Crippen LogP contribution is -1.87. The summed E-state index contributed by atoms with van der Waals surface area (Å²) in [6.07, 6.45) is 4.17. The summed E-state index contributed by atoms with van der Waals surface area (Å²) in [7, 11) is 0. The number of imidazole rings is 1. The van der Waals surface area contributed by atoms with Gasteiger partial charge < -0.3 is 4.42 Å². The van der Waals surface area contributed by atoms with Crippen molar-refractivity contribution in [2.75, 3.05) is 0 Å². The van der Waals surface area contributed by atoms with Crippen LogP contribution in [0.4, 0.5) is 0 Å². The molecule has 0 fully saturated rings. The van der Waals surface area contributed by atoms with Crippen LogP contribution in [-0.4, -0.2) is 15.7 Å². The number of halogens is 1. The van der Waals surface area contributed by atoms with Crippen molar-refractivity contribution < 1.29 is 9.21 Å². The molecule has 0 aliphatic heterocycles. The smallest absolute Gasteiger partial charge is 0.181 e. The van der Waals surface area contributed by atoms with E-state index in [4.69, 9.17) is 4.42 Å². The van der Waals surface area contributed by atoms with Gasteiger partial charge in [0, 0.05) is 10.7 Å². The highest BCUT2D eigenvalue weighted by atomic mass is 79.9. The number of aldehydes is 1. The Morgan fingerprint density at radius 3 is 3.00 bits per heavy atom. The van der Waals surface area contributed by atoms with E-state index in [1.54, 1.807) is 12.3 Å². The van der Waals surface area contributed by atoms with E-state index < -0.39 is 0 Å². The van der Waals surface area contributed by atoms with Crippen molar-refractivity contribution in [2.24, 2.45) is 0 Å². The van der Waals surface area contributed by atoms with Gasteiger partial charge in [-0.15, -0.1) is 0 Å². The van der Waals surface area contributed by atoms with E-state index in [0.29, 0.717) is 17.3 Å². The highest BCUT2D eigenvalue weighted by Crippen LogP contribution is 2.24. The monoisotopic (exact) mass is 290 g/mol. The number of aromatic nitrogens is 2. The summed E-state index contributed by atoms with van der Waals surface area (Å²) in [5, 5.41) is 0. The molecule has 0 bridgehead atoms. The minimum Gasteiger partial charge on any atom is -0.461 e. The van der Waals surface area contributed by atoms with E-state index in [1.165, 1.54) is 0 Å². The Morgan fingerprint density at radius 1 is 1.41 bits per heavy atom. The van der Waals surface area contributed by atoms with Gasteiger partial charge in [0.15, 0.2) is 17.9 Å². The first-order valence-electron chi connectivity index (χ1n) is 4.96. The number of rotatable bonds is 2. The largest absolute Gasteiger partial charge is 0.461 e. The van der Waals surface area contributed by atoms with Crippen LogP contribution >= 0.6 is 15.9 Å². The molecule has 3 heterocycles. The molecule has 0 N–H and O–H groups in total. The van der Waals surface area contributed by atoms with E-state index in [1.807, 2.05) is 28.8 Å². The summed E-state index contributed by atoms with van der Waals surface area (Å²) in [6.45, 7) is 0. The molecule has 0 radical (unpaired) electrons. The molecule has 84 valence electrons. The molecule has 3 rings (SSSR count). The van der Waals surface area contributed by atoms with Crippen molar-refractivity contribution in [3.05, 3.63) is 46.9 Å². The van der Waals surface area contributed by atoms with Crippen LogP contribution in [0, 0.1) is 0 Å². The first-order chi connectivity index (χ1) is 8.29. The molecule has 0 saturated carbocycles. The number of carbonyl (C=O) groups is 1. The van der Waals surface area contributed by atoms with Crippen molar-refractivity contribution >= 4 is 27.7 Å². The van der Waals surface area contributed by atoms with Gasteiger partial charge in [0.1, 0.15) is 5.69 Å². The molecule has 3 aromatic rings. The lowest BCUT2D eigenvalue weighted by atomic mass is 10.3. The fourth-order valence-electron chi connectivity index (χ4n) is 1.75. The average molecular weight is 291 g/mol. The molecule has 0 aromatic carbocycles.